The lowest BCUT2D eigenvalue weighted by Crippen LogP contribution is -2.51. The van der Waals surface area contributed by atoms with Crippen LogP contribution >= 0.6 is 0 Å². The van der Waals surface area contributed by atoms with Gasteiger partial charge in [0.05, 0.1) is 0 Å². The molecule has 2 atom stereocenters. The quantitative estimate of drug-likeness (QED) is 0.845. The maximum atomic E-state index is 12.1. The van der Waals surface area contributed by atoms with Crippen molar-refractivity contribution in [1.82, 2.24) is 5.32 Å². The van der Waals surface area contributed by atoms with E-state index < -0.39 is 0 Å². The fraction of sp³-hybridized carbons (Fsp3) is 0.533. The first-order valence-electron chi connectivity index (χ1n) is 6.88. The van der Waals surface area contributed by atoms with Gasteiger partial charge in [-0.15, -0.1) is 0 Å². The number of anilines is 1. The first-order chi connectivity index (χ1) is 9.04. The molecular formula is C15H23N3O. The molecule has 0 aliphatic carbocycles. The van der Waals surface area contributed by atoms with Crippen molar-refractivity contribution in [3.05, 3.63) is 29.3 Å². The molecule has 1 fully saturated rings. The third kappa shape index (κ3) is 2.73. The number of hydrogen-bond acceptors (Lipinski definition) is 3. The van der Waals surface area contributed by atoms with Gasteiger partial charge in [0.15, 0.2) is 0 Å². The highest BCUT2D eigenvalue weighted by atomic mass is 16.2. The van der Waals surface area contributed by atoms with E-state index in [1.54, 1.807) is 0 Å². The van der Waals surface area contributed by atoms with Crippen LogP contribution in [0.25, 0.3) is 0 Å². The van der Waals surface area contributed by atoms with Gasteiger partial charge in [0, 0.05) is 24.8 Å². The highest BCUT2D eigenvalue weighted by Crippen LogP contribution is 2.25. The summed E-state index contributed by atoms with van der Waals surface area (Å²) >= 11 is 0. The molecule has 3 N–H and O–H groups in total. The number of carbonyl (C=O) groups is 1. The van der Waals surface area contributed by atoms with Crippen molar-refractivity contribution in [2.75, 3.05) is 18.0 Å². The maximum absolute atomic E-state index is 12.1. The molecule has 0 radical (unpaired) electrons. The van der Waals surface area contributed by atoms with Crippen molar-refractivity contribution in [2.24, 2.45) is 5.73 Å². The van der Waals surface area contributed by atoms with E-state index in [-0.39, 0.29) is 11.9 Å². The second kappa shape index (κ2) is 5.61. The van der Waals surface area contributed by atoms with Gasteiger partial charge in [0.25, 0.3) is 0 Å². The molecule has 1 saturated heterocycles. The molecule has 1 amide bonds. The molecule has 104 valence electrons. The molecule has 19 heavy (non-hydrogen) atoms. The van der Waals surface area contributed by atoms with Crippen LogP contribution in [-0.4, -0.2) is 31.1 Å². The zero-order valence-electron chi connectivity index (χ0n) is 11.9. The van der Waals surface area contributed by atoms with Crippen LogP contribution in [0, 0.1) is 13.8 Å². The molecule has 0 aromatic heterocycles. The number of nitrogens with two attached hydrogens (primary N) is 1. The standard InChI is InChI=1S/C15H23N3O/c1-10-4-5-13(8-11(10)2)18-12(3)6-7-17-15(19)14(18)9-16/h4-5,8,12,14H,6-7,9,16H2,1-3H3,(H,17,19). The van der Waals surface area contributed by atoms with E-state index in [9.17, 15) is 4.79 Å². The summed E-state index contributed by atoms with van der Waals surface area (Å²) in [5.41, 5.74) is 9.41. The summed E-state index contributed by atoms with van der Waals surface area (Å²) in [6, 6.07) is 6.36. The van der Waals surface area contributed by atoms with Crippen molar-refractivity contribution in [3.63, 3.8) is 0 Å². The minimum atomic E-state index is -0.278. The topological polar surface area (TPSA) is 58.4 Å². The Bertz CT molecular complexity index is 472. The number of hydrogen-bond donors (Lipinski definition) is 2. The normalized spacial score (nSPS) is 24.0. The van der Waals surface area contributed by atoms with Crippen molar-refractivity contribution < 1.29 is 4.79 Å². The Hall–Kier alpha value is -1.55. The van der Waals surface area contributed by atoms with Gasteiger partial charge in [-0.2, -0.15) is 0 Å². The minimum Gasteiger partial charge on any atom is -0.356 e. The Morgan fingerprint density at radius 2 is 2.11 bits per heavy atom. The molecular weight excluding hydrogens is 238 g/mol. The molecule has 0 spiro atoms. The van der Waals surface area contributed by atoms with Crippen LogP contribution in [0.3, 0.4) is 0 Å². The lowest BCUT2D eigenvalue weighted by atomic mass is 10.1. The number of aryl methyl sites for hydroxylation is 2. The van der Waals surface area contributed by atoms with Gasteiger partial charge in [-0.25, -0.2) is 0 Å². The fourth-order valence-corrected chi connectivity index (χ4v) is 2.64. The van der Waals surface area contributed by atoms with Crippen LogP contribution in [0.2, 0.25) is 0 Å². The van der Waals surface area contributed by atoms with E-state index in [0.29, 0.717) is 12.6 Å². The van der Waals surface area contributed by atoms with Gasteiger partial charge in [-0.3, -0.25) is 4.79 Å². The SMILES string of the molecule is Cc1ccc(N2C(C)CCNC(=O)C2CN)cc1C. The number of nitrogens with zero attached hydrogens (tertiary/aromatic N) is 1. The highest BCUT2D eigenvalue weighted by molar-refractivity contribution is 5.86. The Balaban J connectivity index is 2.41. The predicted molar refractivity (Wildman–Crippen MR) is 78.3 cm³/mol. The summed E-state index contributed by atoms with van der Waals surface area (Å²) in [6.45, 7) is 7.40. The van der Waals surface area contributed by atoms with Crippen molar-refractivity contribution in [2.45, 2.75) is 39.3 Å². The lowest BCUT2D eigenvalue weighted by Gasteiger charge is -2.35. The number of carbonyl (C=O) groups excluding carboxylic acids is 1. The molecule has 2 unspecified atom stereocenters. The van der Waals surface area contributed by atoms with Crippen molar-refractivity contribution >= 4 is 11.6 Å². The van der Waals surface area contributed by atoms with E-state index in [0.717, 1.165) is 18.7 Å². The van der Waals surface area contributed by atoms with Crippen LogP contribution in [0.4, 0.5) is 5.69 Å². The number of rotatable bonds is 2. The molecule has 0 bridgehead atoms. The van der Waals surface area contributed by atoms with Crippen molar-refractivity contribution in [1.29, 1.82) is 0 Å². The Morgan fingerprint density at radius 1 is 1.37 bits per heavy atom. The minimum absolute atomic E-state index is 0.0325. The molecule has 1 aromatic rings. The molecule has 1 aliphatic heterocycles. The molecule has 1 heterocycles. The van der Waals surface area contributed by atoms with E-state index in [1.165, 1.54) is 11.1 Å². The Kier molecular flexibility index (Phi) is 4.10. The zero-order valence-corrected chi connectivity index (χ0v) is 11.9. The van der Waals surface area contributed by atoms with Crippen LogP contribution in [0.1, 0.15) is 24.5 Å². The summed E-state index contributed by atoms with van der Waals surface area (Å²) in [5, 5.41) is 2.94. The monoisotopic (exact) mass is 261 g/mol. The van der Waals surface area contributed by atoms with Crippen LogP contribution < -0.4 is 16.0 Å². The van der Waals surface area contributed by atoms with E-state index in [2.05, 4.69) is 49.2 Å². The van der Waals surface area contributed by atoms with Crippen LogP contribution in [-0.2, 0) is 4.79 Å². The summed E-state index contributed by atoms with van der Waals surface area (Å²) in [4.78, 5) is 14.3. The third-order valence-corrected chi connectivity index (χ3v) is 3.99. The van der Waals surface area contributed by atoms with E-state index >= 15 is 0 Å². The molecule has 4 heteroatoms. The van der Waals surface area contributed by atoms with Gasteiger partial charge in [-0.05, 0) is 50.5 Å². The summed E-state index contributed by atoms with van der Waals surface area (Å²) in [5.74, 6) is 0.0325. The second-order valence-electron chi connectivity index (χ2n) is 5.36. The number of benzene rings is 1. The zero-order chi connectivity index (χ0) is 14.0. The lowest BCUT2D eigenvalue weighted by molar-refractivity contribution is -0.121. The largest absolute Gasteiger partial charge is 0.356 e. The van der Waals surface area contributed by atoms with Gasteiger partial charge in [0.2, 0.25) is 5.91 Å². The first kappa shape index (κ1) is 13.9. The van der Waals surface area contributed by atoms with Gasteiger partial charge in [0.1, 0.15) is 6.04 Å². The van der Waals surface area contributed by atoms with Crippen LogP contribution in [0.15, 0.2) is 18.2 Å². The average molecular weight is 261 g/mol. The molecule has 1 aliphatic rings. The fourth-order valence-electron chi connectivity index (χ4n) is 2.64. The first-order valence-corrected chi connectivity index (χ1v) is 6.88. The number of amides is 1. The molecule has 0 saturated carbocycles. The highest BCUT2D eigenvalue weighted by Gasteiger charge is 2.31. The second-order valence-corrected chi connectivity index (χ2v) is 5.36. The smallest absolute Gasteiger partial charge is 0.244 e. The summed E-state index contributed by atoms with van der Waals surface area (Å²) < 4.78 is 0. The Morgan fingerprint density at radius 3 is 2.74 bits per heavy atom. The van der Waals surface area contributed by atoms with Gasteiger partial charge >= 0.3 is 0 Å². The van der Waals surface area contributed by atoms with Gasteiger partial charge in [-0.1, -0.05) is 6.07 Å². The van der Waals surface area contributed by atoms with Crippen molar-refractivity contribution in [3.8, 4) is 0 Å². The molecule has 2 rings (SSSR count). The van der Waals surface area contributed by atoms with E-state index in [4.69, 9.17) is 5.73 Å². The maximum Gasteiger partial charge on any atom is 0.244 e. The predicted octanol–water partition coefficient (Wildman–Crippen LogP) is 1.35. The van der Waals surface area contributed by atoms with E-state index in [1.807, 2.05) is 0 Å². The summed E-state index contributed by atoms with van der Waals surface area (Å²) in [6.07, 6.45) is 0.940. The number of nitrogens with one attached hydrogen (secondary N) is 1. The molecule has 4 nitrogen and oxygen atoms in total. The Labute approximate surface area is 115 Å². The summed E-state index contributed by atoms with van der Waals surface area (Å²) in [7, 11) is 0. The average Bonchev–Trinajstić information content (AvgIpc) is 2.52. The molecule has 1 aromatic carbocycles. The third-order valence-electron chi connectivity index (χ3n) is 3.99. The van der Waals surface area contributed by atoms with Gasteiger partial charge < -0.3 is 16.0 Å². The van der Waals surface area contributed by atoms with Crippen LogP contribution in [0.5, 0.6) is 0 Å².